The Morgan fingerprint density at radius 3 is 2.51 bits per heavy atom. The lowest BCUT2D eigenvalue weighted by Crippen LogP contribution is -2.38. The third-order valence-corrected chi connectivity index (χ3v) is 7.36. The number of aryl methyl sites for hydroxylation is 2. The SMILES string of the molecule is Cc1ccc(SNCCNC(=O)NCCCc2cccc(-c3ncn(-c4ccc(OC(F)(F)F)cc4)n3)c2)c(C(C)C)c1. The van der Waals surface area contributed by atoms with Crippen molar-refractivity contribution < 1.29 is 22.7 Å². The number of aromatic nitrogens is 3. The number of rotatable bonds is 13. The van der Waals surface area contributed by atoms with E-state index in [1.165, 1.54) is 51.3 Å². The largest absolute Gasteiger partial charge is 0.573 e. The van der Waals surface area contributed by atoms with E-state index in [9.17, 15) is 18.0 Å². The standard InChI is InChI=1S/C31H35F3N6O2S/c1-21(2)27-18-22(3)9-14-28(27)43-38-17-16-36-30(41)35-15-5-7-23-6-4-8-24(19-23)29-37-20-40(39-29)25-10-12-26(13-11-25)42-31(32,33)34/h4,6,8-14,18-21,38H,5,7,15-17H2,1-3H3,(H2,35,36,41). The van der Waals surface area contributed by atoms with Crippen LogP contribution in [0, 0.1) is 6.92 Å². The van der Waals surface area contributed by atoms with E-state index in [2.05, 4.69) is 69.1 Å². The van der Waals surface area contributed by atoms with Crippen molar-refractivity contribution in [1.82, 2.24) is 30.1 Å². The summed E-state index contributed by atoms with van der Waals surface area (Å²) in [6.07, 6.45) is -1.73. The molecule has 1 heterocycles. The molecule has 4 aromatic rings. The van der Waals surface area contributed by atoms with Crippen molar-refractivity contribution in [3.63, 3.8) is 0 Å². The normalized spacial score (nSPS) is 11.5. The van der Waals surface area contributed by atoms with E-state index in [1.807, 2.05) is 24.3 Å². The molecule has 228 valence electrons. The molecule has 4 rings (SSSR count). The Bertz CT molecular complexity index is 1490. The van der Waals surface area contributed by atoms with Gasteiger partial charge < -0.3 is 15.4 Å². The first-order chi connectivity index (χ1) is 20.6. The molecule has 0 saturated carbocycles. The molecule has 2 amide bonds. The molecule has 0 unspecified atom stereocenters. The average molecular weight is 613 g/mol. The van der Waals surface area contributed by atoms with Gasteiger partial charge in [-0.2, -0.15) is 0 Å². The Morgan fingerprint density at radius 2 is 1.77 bits per heavy atom. The Labute approximate surface area is 253 Å². The Hall–Kier alpha value is -4.03. The Morgan fingerprint density at radius 1 is 1.00 bits per heavy atom. The zero-order valence-corrected chi connectivity index (χ0v) is 25.1. The zero-order valence-electron chi connectivity index (χ0n) is 24.2. The summed E-state index contributed by atoms with van der Waals surface area (Å²) in [7, 11) is 0. The molecule has 1 aromatic heterocycles. The van der Waals surface area contributed by atoms with Crippen LogP contribution in [0.5, 0.6) is 5.75 Å². The lowest BCUT2D eigenvalue weighted by molar-refractivity contribution is -0.274. The van der Waals surface area contributed by atoms with Crippen LogP contribution >= 0.6 is 11.9 Å². The molecule has 3 N–H and O–H groups in total. The second-order valence-corrected chi connectivity index (χ2v) is 11.2. The highest BCUT2D eigenvalue weighted by molar-refractivity contribution is 7.97. The van der Waals surface area contributed by atoms with Crippen LogP contribution in [0.25, 0.3) is 17.1 Å². The number of urea groups is 1. The van der Waals surface area contributed by atoms with Gasteiger partial charge in [0.1, 0.15) is 12.1 Å². The minimum absolute atomic E-state index is 0.202. The number of nitrogens with zero attached hydrogens (tertiary/aromatic N) is 3. The first-order valence-corrected chi connectivity index (χ1v) is 14.8. The molecule has 0 atom stereocenters. The Kier molecular flexibility index (Phi) is 11.1. The molecule has 0 aliphatic rings. The molecular weight excluding hydrogens is 577 g/mol. The minimum Gasteiger partial charge on any atom is -0.406 e. The maximum absolute atomic E-state index is 12.4. The van der Waals surface area contributed by atoms with Crippen molar-refractivity contribution in [2.45, 2.75) is 50.8 Å². The molecule has 0 aliphatic heterocycles. The third kappa shape index (κ3) is 10.0. The monoisotopic (exact) mass is 612 g/mol. The molecule has 0 spiro atoms. The van der Waals surface area contributed by atoms with E-state index < -0.39 is 6.36 Å². The quantitative estimate of drug-likeness (QED) is 0.114. The van der Waals surface area contributed by atoms with Gasteiger partial charge >= 0.3 is 12.4 Å². The number of carbonyl (C=O) groups is 1. The molecule has 43 heavy (non-hydrogen) atoms. The van der Waals surface area contributed by atoms with Crippen molar-refractivity contribution in [2.24, 2.45) is 0 Å². The van der Waals surface area contributed by atoms with Crippen LogP contribution in [0.15, 0.2) is 78.0 Å². The van der Waals surface area contributed by atoms with Crippen LogP contribution in [-0.2, 0) is 6.42 Å². The number of hydrogen-bond donors (Lipinski definition) is 3. The number of nitrogens with one attached hydrogen (secondary N) is 3. The van der Waals surface area contributed by atoms with Gasteiger partial charge in [-0.3, -0.25) is 4.72 Å². The number of benzene rings is 3. The number of ether oxygens (including phenoxy) is 1. The second kappa shape index (κ2) is 14.9. The molecular formula is C31H35F3N6O2S. The van der Waals surface area contributed by atoms with Crippen LogP contribution in [0.2, 0.25) is 0 Å². The maximum atomic E-state index is 12.4. The second-order valence-electron chi connectivity index (χ2n) is 10.2. The summed E-state index contributed by atoms with van der Waals surface area (Å²) in [6.45, 7) is 8.13. The van der Waals surface area contributed by atoms with Gasteiger partial charge in [0.05, 0.1) is 5.69 Å². The first-order valence-electron chi connectivity index (χ1n) is 14.0. The van der Waals surface area contributed by atoms with E-state index in [0.29, 0.717) is 37.1 Å². The zero-order chi connectivity index (χ0) is 30.8. The smallest absolute Gasteiger partial charge is 0.406 e. The van der Waals surface area contributed by atoms with Crippen molar-refractivity contribution >= 4 is 18.0 Å². The number of alkyl halides is 3. The molecule has 0 fully saturated rings. The van der Waals surface area contributed by atoms with Gasteiger partial charge in [-0.25, -0.2) is 14.5 Å². The summed E-state index contributed by atoms with van der Waals surface area (Å²) in [6, 6.07) is 19.4. The summed E-state index contributed by atoms with van der Waals surface area (Å²) in [5.74, 6) is 0.626. The fraction of sp³-hybridized carbons (Fsp3) is 0.323. The lowest BCUT2D eigenvalue weighted by Gasteiger charge is -2.14. The Balaban J connectivity index is 1.17. The maximum Gasteiger partial charge on any atom is 0.573 e. The third-order valence-electron chi connectivity index (χ3n) is 6.42. The van der Waals surface area contributed by atoms with E-state index >= 15 is 0 Å². The van der Waals surface area contributed by atoms with Gasteiger partial charge in [0.15, 0.2) is 5.82 Å². The number of amides is 2. The van der Waals surface area contributed by atoms with E-state index in [0.717, 1.165) is 24.0 Å². The van der Waals surface area contributed by atoms with Crippen molar-refractivity contribution in [3.05, 3.63) is 89.7 Å². The summed E-state index contributed by atoms with van der Waals surface area (Å²) in [5, 5.41) is 10.2. The lowest BCUT2D eigenvalue weighted by atomic mass is 10.0. The van der Waals surface area contributed by atoms with Gasteiger partial charge in [0, 0.05) is 30.1 Å². The fourth-order valence-electron chi connectivity index (χ4n) is 4.31. The van der Waals surface area contributed by atoms with Crippen molar-refractivity contribution in [1.29, 1.82) is 0 Å². The highest BCUT2D eigenvalue weighted by Crippen LogP contribution is 2.28. The molecule has 0 saturated heterocycles. The predicted octanol–water partition coefficient (Wildman–Crippen LogP) is 6.79. The number of carbonyl (C=O) groups excluding carboxylic acids is 1. The summed E-state index contributed by atoms with van der Waals surface area (Å²) in [5.41, 5.74) is 5.00. The van der Waals surface area contributed by atoms with Crippen LogP contribution in [0.3, 0.4) is 0 Å². The molecule has 0 aliphatic carbocycles. The van der Waals surface area contributed by atoms with Crippen LogP contribution in [0.1, 0.15) is 42.9 Å². The topological polar surface area (TPSA) is 93.1 Å². The number of hydrogen-bond acceptors (Lipinski definition) is 6. The molecule has 8 nitrogen and oxygen atoms in total. The summed E-state index contributed by atoms with van der Waals surface area (Å²) in [4.78, 5) is 17.7. The number of halogens is 3. The van der Waals surface area contributed by atoms with E-state index in [-0.39, 0.29) is 11.8 Å². The summed E-state index contributed by atoms with van der Waals surface area (Å²) >= 11 is 1.59. The van der Waals surface area contributed by atoms with Crippen molar-refractivity contribution in [2.75, 3.05) is 19.6 Å². The van der Waals surface area contributed by atoms with E-state index in [1.54, 1.807) is 11.9 Å². The van der Waals surface area contributed by atoms with Gasteiger partial charge in [-0.15, -0.1) is 18.3 Å². The van der Waals surface area contributed by atoms with Crippen molar-refractivity contribution in [3.8, 4) is 22.8 Å². The van der Waals surface area contributed by atoms with Gasteiger partial charge in [-0.05, 0) is 85.2 Å². The highest BCUT2D eigenvalue weighted by Gasteiger charge is 2.31. The average Bonchev–Trinajstić information content (AvgIpc) is 3.46. The predicted molar refractivity (Wildman–Crippen MR) is 162 cm³/mol. The van der Waals surface area contributed by atoms with Gasteiger partial charge in [-0.1, -0.05) is 49.7 Å². The minimum atomic E-state index is -4.74. The van der Waals surface area contributed by atoms with E-state index in [4.69, 9.17) is 0 Å². The highest BCUT2D eigenvalue weighted by atomic mass is 32.2. The first kappa shape index (κ1) is 31.9. The molecule has 0 radical (unpaired) electrons. The van der Waals surface area contributed by atoms with Gasteiger partial charge in [0.25, 0.3) is 0 Å². The van der Waals surface area contributed by atoms with Gasteiger partial charge in [0.2, 0.25) is 0 Å². The van der Waals surface area contributed by atoms with Crippen LogP contribution < -0.4 is 20.1 Å². The fourth-order valence-corrected chi connectivity index (χ4v) is 5.22. The summed E-state index contributed by atoms with van der Waals surface area (Å²) < 4.78 is 45.9. The molecule has 12 heteroatoms. The van der Waals surface area contributed by atoms with Crippen LogP contribution in [0.4, 0.5) is 18.0 Å². The molecule has 3 aromatic carbocycles. The van der Waals surface area contributed by atoms with Crippen LogP contribution in [-0.4, -0.2) is 46.8 Å². The molecule has 0 bridgehead atoms.